The minimum absolute atomic E-state index is 0.00168. The largest absolute Gasteiger partial charge is 0.481 e. The van der Waals surface area contributed by atoms with Gasteiger partial charge in [0.2, 0.25) is 5.91 Å². The van der Waals surface area contributed by atoms with Crippen LogP contribution in [-0.2, 0) is 9.59 Å². The summed E-state index contributed by atoms with van der Waals surface area (Å²) in [4.78, 5) is 34.4. The van der Waals surface area contributed by atoms with Gasteiger partial charge in [0.15, 0.2) is 0 Å². The second-order valence-corrected chi connectivity index (χ2v) is 6.30. The number of aliphatic carboxylic acids is 1. The van der Waals surface area contributed by atoms with E-state index in [0.717, 1.165) is 32.1 Å². The van der Waals surface area contributed by atoms with Crippen LogP contribution >= 0.6 is 0 Å². The van der Waals surface area contributed by atoms with Crippen LogP contribution < -0.4 is 10.6 Å². The highest BCUT2D eigenvalue weighted by atomic mass is 16.4. The maximum Gasteiger partial charge on any atom is 0.321 e. The number of imide groups is 1. The first kappa shape index (κ1) is 14.8. The number of nitrogens with one attached hydrogen (secondary N) is 2. The second kappa shape index (κ2) is 5.81. The molecule has 3 N–H and O–H groups in total. The maximum atomic E-state index is 11.9. The molecule has 0 spiro atoms. The van der Waals surface area contributed by atoms with E-state index in [9.17, 15) is 14.4 Å². The van der Waals surface area contributed by atoms with Crippen LogP contribution in [0.15, 0.2) is 0 Å². The third-order valence-electron chi connectivity index (χ3n) is 4.40. The molecule has 0 aliphatic heterocycles. The summed E-state index contributed by atoms with van der Waals surface area (Å²) >= 11 is 0. The quantitative estimate of drug-likeness (QED) is 0.714. The summed E-state index contributed by atoms with van der Waals surface area (Å²) < 4.78 is 0. The van der Waals surface area contributed by atoms with Crippen molar-refractivity contribution in [3.63, 3.8) is 0 Å². The molecule has 2 unspecified atom stereocenters. The lowest BCUT2D eigenvalue weighted by molar-refractivity contribution is -0.140. The summed E-state index contributed by atoms with van der Waals surface area (Å²) in [5, 5.41) is 14.0. The summed E-state index contributed by atoms with van der Waals surface area (Å²) in [5.41, 5.74) is -0.469. The molecular weight excluding hydrogens is 260 g/mol. The van der Waals surface area contributed by atoms with Crippen molar-refractivity contribution in [1.29, 1.82) is 0 Å². The Kier molecular flexibility index (Phi) is 4.30. The van der Waals surface area contributed by atoms with Gasteiger partial charge in [-0.3, -0.25) is 14.9 Å². The zero-order valence-corrected chi connectivity index (χ0v) is 11.8. The Morgan fingerprint density at radius 1 is 1.20 bits per heavy atom. The topological polar surface area (TPSA) is 95.5 Å². The number of hydrogen-bond donors (Lipinski definition) is 3. The third-order valence-corrected chi connectivity index (χ3v) is 4.40. The summed E-state index contributed by atoms with van der Waals surface area (Å²) in [6.07, 6.45) is 4.46. The standard InChI is InChI=1S/C14H22N2O4/c1-9-6-10(9)15-13(20)16-11(17)7-14(8-12(18)19)4-2-3-5-14/h9-10H,2-8H2,1H3,(H,18,19)(H2,15,16,17,20). The van der Waals surface area contributed by atoms with Crippen LogP contribution in [0.25, 0.3) is 0 Å². The van der Waals surface area contributed by atoms with Gasteiger partial charge in [-0.2, -0.15) is 0 Å². The summed E-state index contributed by atoms with van der Waals surface area (Å²) in [6.45, 7) is 2.03. The van der Waals surface area contributed by atoms with E-state index < -0.39 is 17.4 Å². The fourth-order valence-electron chi connectivity index (χ4n) is 3.10. The van der Waals surface area contributed by atoms with Gasteiger partial charge in [0, 0.05) is 12.5 Å². The van der Waals surface area contributed by atoms with Gasteiger partial charge in [-0.05, 0) is 30.6 Å². The van der Waals surface area contributed by atoms with Gasteiger partial charge in [-0.25, -0.2) is 4.79 Å². The molecule has 0 aromatic carbocycles. The molecule has 0 heterocycles. The molecule has 2 saturated carbocycles. The highest BCUT2D eigenvalue weighted by Crippen LogP contribution is 2.44. The number of carboxylic acid groups (broad SMARTS) is 1. The van der Waals surface area contributed by atoms with Gasteiger partial charge < -0.3 is 10.4 Å². The molecule has 6 heteroatoms. The number of urea groups is 1. The monoisotopic (exact) mass is 282 g/mol. The molecule has 3 amide bonds. The lowest BCUT2D eigenvalue weighted by atomic mass is 9.79. The van der Waals surface area contributed by atoms with Crippen molar-refractivity contribution < 1.29 is 19.5 Å². The Labute approximate surface area is 118 Å². The second-order valence-electron chi connectivity index (χ2n) is 6.30. The molecule has 0 radical (unpaired) electrons. The van der Waals surface area contributed by atoms with Gasteiger partial charge in [0.05, 0.1) is 6.42 Å². The number of carboxylic acids is 1. The summed E-state index contributed by atoms with van der Waals surface area (Å²) in [7, 11) is 0. The molecule has 0 saturated heterocycles. The van der Waals surface area contributed by atoms with E-state index >= 15 is 0 Å². The van der Waals surface area contributed by atoms with Crippen molar-refractivity contribution in [3.8, 4) is 0 Å². The summed E-state index contributed by atoms with van der Waals surface area (Å²) in [5.74, 6) is -0.779. The molecular formula is C14H22N2O4. The number of hydrogen-bond acceptors (Lipinski definition) is 3. The van der Waals surface area contributed by atoms with Crippen LogP contribution in [0.1, 0.15) is 51.9 Å². The van der Waals surface area contributed by atoms with Crippen molar-refractivity contribution >= 4 is 17.9 Å². The lowest BCUT2D eigenvalue weighted by Crippen LogP contribution is -2.42. The Morgan fingerprint density at radius 2 is 1.80 bits per heavy atom. The first-order valence-electron chi connectivity index (χ1n) is 7.22. The van der Waals surface area contributed by atoms with E-state index in [4.69, 9.17) is 5.11 Å². The normalized spacial score (nSPS) is 26.9. The van der Waals surface area contributed by atoms with E-state index in [-0.39, 0.29) is 24.8 Å². The van der Waals surface area contributed by atoms with Gasteiger partial charge in [0.1, 0.15) is 0 Å². The smallest absolute Gasteiger partial charge is 0.321 e. The highest BCUT2D eigenvalue weighted by Gasteiger charge is 2.39. The van der Waals surface area contributed by atoms with Crippen molar-refractivity contribution in [3.05, 3.63) is 0 Å². The molecule has 0 aromatic heterocycles. The predicted octanol–water partition coefficient (Wildman–Crippen LogP) is 1.65. The van der Waals surface area contributed by atoms with Crippen LogP contribution in [0.3, 0.4) is 0 Å². The molecule has 0 aromatic rings. The number of amides is 3. The zero-order chi connectivity index (χ0) is 14.8. The van der Waals surface area contributed by atoms with Crippen LogP contribution in [0, 0.1) is 11.3 Å². The van der Waals surface area contributed by atoms with Gasteiger partial charge in [-0.15, -0.1) is 0 Å². The van der Waals surface area contributed by atoms with Crippen LogP contribution in [0.5, 0.6) is 0 Å². The SMILES string of the molecule is CC1CC1NC(=O)NC(=O)CC1(CC(=O)O)CCCC1. The molecule has 20 heavy (non-hydrogen) atoms. The third kappa shape index (κ3) is 3.95. The van der Waals surface area contributed by atoms with Gasteiger partial charge >= 0.3 is 12.0 Å². The fraction of sp³-hybridized carbons (Fsp3) is 0.786. The Bertz CT molecular complexity index is 415. The van der Waals surface area contributed by atoms with E-state index in [1.54, 1.807) is 0 Å². The highest BCUT2D eigenvalue weighted by molar-refractivity contribution is 5.95. The van der Waals surface area contributed by atoms with Crippen molar-refractivity contribution in [1.82, 2.24) is 10.6 Å². The molecule has 2 fully saturated rings. The van der Waals surface area contributed by atoms with Crippen LogP contribution in [0.4, 0.5) is 4.79 Å². The maximum absolute atomic E-state index is 11.9. The molecule has 2 aliphatic rings. The van der Waals surface area contributed by atoms with Crippen LogP contribution in [-0.4, -0.2) is 29.1 Å². The van der Waals surface area contributed by atoms with Crippen LogP contribution in [0.2, 0.25) is 0 Å². The minimum Gasteiger partial charge on any atom is -0.481 e. The van der Waals surface area contributed by atoms with Crippen molar-refractivity contribution in [2.45, 2.75) is 57.9 Å². The van der Waals surface area contributed by atoms with Gasteiger partial charge in [0.25, 0.3) is 0 Å². The summed E-state index contributed by atoms with van der Waals surface area (Å²) in [6, 6.07) is -0.296. The Morgan fingerprint density at radius 3 is 2.30 bits per heavy atom. The molecule has 112 valence electrons. The van der Waals surface area contributed by atoms with E-state index in [1.807, 2.05) is 6.92 Å². The van der Waals surface area contributed by atoms with Crippen molar-refractivity contribution in [2.24, 2.45) is 11.3 Å². The first-order chi connectivity index (χ1) is 9.40. The Hall–Kier alpha value is -1.59. The number of carbonyl (C=O) groups is 3. The van der Waals surface area contributed by atoms with Gasteiger partial charge in [-0.1, -0.05) is 19.8 Å². The van der Waals surface area contributed by atoms with E-state index in [2.05, 4.69) is 10.6 Å². The first-order valence-corrected chi connectivity index (χ1v) is 7.22. The van der Waals surface area contributed by atoms with E-state index in [0.29, 0.717) is 5.92 Å². The van der Waals surface area contributed by atoms with E-state index in [1.165, 1.54) is 0 Å². The molecule has 0 bridgehead atoms. The predicted molar refractivity (Wildman–Crippen MR) is 72.0 cm³/mol. The number of carbonyl (C=O) groups excluding carboxylic acids is 2. The average Bonchev–Trinajstić information content (AvgIpc) is 2.82. The number of rotatable bonds is 5. The average molecular weight is 282 g/mol. The molecule has 2 aliphatic carbocycles. The lowest BCUT2D eigenvalue weighted by Gasteiger charge is -2.26. The fourth-order valence-corrected chi connectivity index (χ4v) is 3.10. The van der Waals surface area contributed by atoms with Crippen molar-refractivity contribution in [2.75, 3.05) is 0 Å². The molecule has 6 nitrogen and oxygen atoms in total. The Balaban J connectivity index is 1.82. The molecule has 2 atom stereocenters. The minimum atomic E-state index is -0.879. The molecule has 2 rings (SSSR count). The zero-order valence-electron chi connectivity index (χ0n) is 11.8.